The first kappa shape index (κ1) is 19.1. The molecule has 2 aliphatic rings. The summed E-state index contributed by atoms with van der Waals surface area (Å²) in [6.45, 7) is 0.508. The summed E-state index contributed by atoms with van der Waals surface area (Å²) in [4.78, 5) is 11.9. The van der Waals surface area contributed by atoms with E-state index in [4.69, 9.17) is 9.84 Å². The first-order valence-corrected chi connectivity index (χ1v) is 9.27. The Hall–Kier alpha value is -0.220. The molecular formula is C15H27NO6S. The second-order valence-electron chi connectivity index (χ2n) is 6.14. The summed E-state index contributed by atoms with van der Waals surface area (Å²) in [6.07, 6.45) is -0.575. The van der Waals surface area contributed by atoms with Gasteiger partial charge in [0, 0.05) is 6.42 Å². The number of ketones is 1. The molecule has 23 heavy (non-hydrogen) atoms. The van der Waals surface area contributed by atoms with Crippen molar-refractivity contribution in [2.75, 3.05) is 18.9 Å². The van der Waals surface area contributed by atoms with Crippen molar-refractivity contribution >= 4 is 17.5 Å². The fourth-order valence-corrected chi connectivity index (χ4v) is 4.12. The van der Waals surface area contributed by atoms with Crippen LogP contribution < -0.4 is 5.32 Å². The largest absolute Gasteiger partial charge is 0.394 e. The second-order valence-corrected chi connectivity index (χ2v) is 7.35. The summed E-state index contributed by atoms with van der Waals surface area (Å²) >= 11 is 1.33. The van der Waals surface area contributed by atoms with E-state index in [-0.39, 0.29) is 11.8 Å². The van der Waals surface area contributed by atoms with Crippen LogP contribution in [-0.4, -0.2) is 81.0 Å². The lowest BCUT2D eigenvalue weighted by molar-refractivity contribution is -0.205. The zero-order valence-electron chi connectivity index (χ0n) is 13.1. The third kappa shape index (κ3) is 5.12. The van der Waals surface area contributed by atoms with Crippen LogP contribution in [0.2, 0.25) is 0 Å². The van der Waals surface area contributed by atoms with Gasteiger partial charge in [-0.15, -0.1) is 11.8 Å². The van der Waals surface area contributed by atoms with E-state index < -0.39 is 36.5 Å². The number of unbranched alkanes of at least 4 members (excludes halogenated alkanes) is 1. The zero-order chi connectivity index (χ0) is 16.8. The molecule has 0 aromatic carbocycles. The van der Waals surface area contributed by atoms with Crippen LogP contribution in [0.25, 0.3) is 0 Å². The molecular weight excluding hydrogens is 322 g/mol. The van der Waals surface area contributed by atoms with Crippen molar-refractivity contribution in [1.82, 2.24) is 5.32 Å². The van der Waals surface area contributed by atoms with E-state index in [1.54, 1.807) is 0 Å². The standard InChI is InChI=1S/C15H27NO6S/c17-8-11-12(19)13(20)14(21)15(22-11)23-7-2-1-5-10(18)9-4-3-6-16-9/h9,11-17,19-21H,1-8H2. The fraction of sp³-hybridized carbons (Fsp3) is 0.933. The van der Waals surface area contributed by atoms with Gasteiger partial charge in [-0.2, -0.15) is 0 Å². The molecule has 2 heterocycles. The van der Waals surface area contributed by atoms with E-state index in [0.717, 1.165) is 32.2 Å². The van der Waals surface area contributed by atoms with Gasteiger partial charge in [-0.3, -0.25) is 4.79 Å². The van der Waals surface area contributed by atoms with Gasteiger partial charge < -0.3 is 30.5 Å². The average molecular weight is 349 g/mol. The van der Waals surface area contributed by atoms with Crippen molar-refractivity contribution in [3.8, 4) is 0 Å². The highest BCUT2D eigenvalue weighted by Crippen LogP contribution is 2.29. The normalized spacial score (nSPS) is 37.9. The van der Waals surface area contributed by atoms with Crippen molar-refractivity contribution in [2.45, 2.75) is 68.0 Å². The van der Waals surface area contributed by atoms with Gasteiger partial charge in [0.2, 0.25) is 0 Å². The Morgan fingerprint density at radius 2 is 1.96 bits per heavy atom. The highest BCUT2D eigenvalue weighted by Gasteiger charge is 2.43. The second kappa shape index (κ2) is 9.31. The number of nitrogens with one attached hydrogen (secondary N) is 1. The average Bonchev–Trinajstić information content (AvgIpc) is 3.08. The van der Waals surface area contributed by atoms with Crippen LogP contribution in [0.4, 0.5) is 0 Å². The summed E-state index contributed by atoms with van der Waals surface area (Å²) in [6, 6.07) is 0.0214. The molecule has 6 unspecified atom stereocenters. The minimum absolute atomic E-state index is 0.0214. The van der Waals surface area contributed by atoms with E-state index in [0.29, 0.717) is 12.2 Å². The van der Waals surface area contributed by atoms with Crippen LogP contribution in [0.1, 0.15) is 32.1 Å². The minimum atomic E-state index is -1.33. The van der Waals surface area contributed by atoms with Crippen molar-refractivity contribution in [3.05, 3.63) is 0 Å². The first-order valence-electron chi connectivity index (χ1n) is 8.23. The monoisotopic (exact) mass is 349 g/mol. The third-order valence-corrected chi connectivity index (χ3v) is 5.64. The Morgan fingerprint density at radius 3 is 2.61 bits per heavy atom. The number of rotatable bonds is 8. The van der Waals surface area contributed by atoms with Crippen LogP contribution in [-0.2, 0) is 9.53 Å². The van der Waals surface area contributed by atoms with E-state index in [1.807, 2.05) is 0 Å². The lowest BCUT2D eigenvalue weighted by Crippen LogP contribution is -2.57. The molecule has 0 saturated carbocycles. The van der Waals surface area contributed by atoms with Gasteiger partial charge in [-0.1, -0.05) is 0 Å². The number of thioether (sulfide) groups is 1. The minimum Gasteiger partial charge on any atom is -0.394 e. The van der Waals surface area contributed by atoms with Gasteiger partial charge in [0.25, 0.3) is 0 Å². The highest BCUT2D eigenvalue weighted by atomic mass is 32.2. The number of carbonyl (C=O) groups excluding carboxylic acids is 1. The summed E-state index contributed by atoms with van der Waals surface area (Å²) in [7, 11) is 0. The Kier molecular flexibility index (Phi) is 7.74. The smallest absolute Gasteiger partial charge is 0.149 e. The Morgan fingerprint density at radius 1 is 1.17 bits per heavy atom. The van der Waals surface area contributed by atoms with Crippen LogP contribution in [0.3, 0.4) is 0 Å². The maximum absolute atomic E-state index is 11.9. The molecule has 0 aliphatic carbocycles. The molecule has 2 rings (SSSR count). The van der Waals surface area contributed by atoms with Crippen molar-refractivity contribution in [2.24, 2.45) is 0 Å². The quantitative estimate of drug-likeness (QED) is 0.355. The van der Waals surface area contributed by atoms with Gasteiger partial charge in [0.15, 0.2) is 0 Å². The number of carbonyl (C=O) groups is 1. The zero-order valence-corrected chi connectivity index (χ0v) is 14.0. The number of Topliss-reactive ketones (excluding diaryl/α,β-unsaturated/α-hetero) is 1. The maximum Gasteiger partial charge on any atom is 0.149 e. The first-order chi connectivity index (χ1) is 11.0. The number of hydrogen-bond acceptors (Lipinski definition) is 8. The Labute approximate surface area is 140 Å². The molecule has 0 amide bonds. The van der Waals surface area contributed by atoms with E-state index in [2.05, 4.69) is 5.32 Å². The van der Waals surface area contributed by atoms with Gasteiger partial charge in [0.1, 0.15) is 35.6 Å². The van der Waals surface area contributed by atoms with Gasteiger partial charge in [-0.25, -0.2) is 0 Å². The molecule has 0 spiro atoms. The number of aliphatic hydroxyl groups is 4. The van der Waals surface area contributed by atoms with E-state index in [1.165, 1.54) is 11.8 Å². The molecule has 0 aromatic rings. The molecule has 0 bridgehead atoms. The van der Waals surface area contributed by atoms with Crippen LogP contribution in [0.5, 0.6) is 0 Å². The third-order valence-electron chi connectivity index (χ3n) is 4.40. The van der Waals surface area contributed by atoms with E-state index >= 15 is 0 Å². The van der Waals surface area contributed by atoms with Crippen molar-refractivity contribution in [1.29, 1.82) is 0 Å². The van der Waals surface area contributed by atoms with Gasteiger partial charge >= 0.3 is 0 Å². The molecule has 7 nitrogen and oxygen atoms in total. The molecule has 0 aromatic heterocycles. The number of ether oxygens (including phenoxy) is 1. The summed E-state index contributed by atoms with van der Waals surface area (Å²) < 4.78 is 5.42. The summed E-state index contributed by atoms with van der Waals surface area (Å²) in [5.41, 5.74) is -0.683. The number of hydrogen-bond donors (Lipinski definition) is 5. The summed E-state index contributed by atoms with van der Waals surface area (Å²) in [5.74, 6) is 0.939. The van der Waals surface area contributed by atoms with Crippen LogP contribution in [0, 0.1) is 0 Å². The van der Waals surface area contributed by atoms with Gasteiger partial charge in [0.05, 0.1) is 12.6 Å². The molecule has 5 N–H and O–H groups in total. The van der Waals surface area contributed by atoms with Crippen molar-refractivity contribution < 1.29 is 30.0 Å². The predicted molar refractivity (Wildman–Crippen MR) is 86.1 cm³/mol. The molecule has 134 valence electrons. The molecule has 0 radical (unpaired) electrons. The Bertz CT molecular complexity index is 377. The Balaban J connectivity index is 1.64. The predicted octanol–water partition coefficient (Wildman–Crippen LogP) is -0.989. The molecule has 8 heteroatoms. The van der Waals surface area contributed by atoms with Crippen LogP contribution in [0.15, 0.2) is 0 Å². The maximum atomic E-state index is 11.9. The number of aliphatic hydroxyl groups excluding tert-OH is 4. The topological polar surface area (TPSA) is 119 Å². The lowest BCUT2D eigenvalue weighted by Gasteiger charge is -2.39. The molecule has 2 saturated heterocycles. The van der Waals surface area contributed by atoms with Crippen LogP contribution >= 0.6 is 11.8 Å². The molecule has 2 aliphatic heterocycles. The fourth-order valence-electron chi connectivity index (χ4n) is 2.94. The molecule has 2 fully saturated rings. The summed E-state index contributed by atoms with van der Waals surface area (Å²) in [5, 5.41) is 41.6. The molecule has 6 atom stereocenters. The van der Waals surface area contributed by atoms with E-state index in [9.17, 15) is 20.1 Å². The SMILES string of the molecule is O=C(CCCCSC1OC(CO)C(O)C(O)C1O)C1CCCN1. The highest BCUT2D eigenvalue weighted by molar-refractivity contribution is 7.99. The lowest BCUT2D eigenvalue weighted by atomic mass is 10.0. The van der Waals surface area contributed by atoms with Crippen molar-refractivity contribution in [3.63, 3.8) is 0 Å². The van der Waals surface area contributed by atoms with Gasteiger partial charge in [-0.05, 0) is 38.0 Å².